The molecule has 0 bridgehead atoms. The SMILES string of the molecule is Cc1cc(C)c(B2c3cc(C(C)(C)C)ccc3-n3c(-c4cc(C)cc(C)c4O)nc4c(-c5cc(-c6nccc7c(C)c(CC(C)(C)C)sc67)cc(C(C)(C)C)c5)ccc2c43)c(C)c1. The van der Waals surface area contributed by atoms with Crippen LogP contribution in [0.5, 0.6) is 5.75 Å². The van der Waals surface area contributed by atoms with Gasteiger partial charge in [0.2, 0.25) is 6.71 Å². The van der Waals surface area contributed by atoms with Crippen molar-refractivity contribution >= 4 is 55.6 Å². The smallest absolute Gasteiger partial charge is 0.247 e. The number of rotatable bonds is 5. The third kappa shape index (κ3) is 7.33. The van der Waals surface area contributed by atoms with Crippen LogP contribution in [0, 0.1) is 47.0 Å². The minimum atomic E-state index is -0.128. The number of aryl methyl sites for hydroxylation is 6. The van der Waals surface area contributed by atoms with Crippen LogP contribution < -0.4 is 16.4 Å². The van der Waals surface area contributed by atoms with Gasteiger partial charge in [0.05, 0.1) is 27.0 Å². The van der Waals surface area contributed by atoms with Gasteiger partial charge in [-0.1, -0.05) is 133 Å². The van der Waals surface area contributed by atoms with E-state index in [0.29, 0.717) is 0 Å². The molecule has 1 aliphatic heterocycles. The summed E-state index contributed by atoms with van der Waals surface area (Å²) >= 11 is 1.90. The van der Waals surface area contributed by atoms with Gasteiger partial charge in [-0.15, -0.1) is 11.3 Å². The third-order valence-electron chi connectivity index (χ3n) is 13.3. The average molecular weight is 848 g/mol. The van der Waals surface area contributed by atoms with Crippen LogP contribution in [0.3, 0.4) is 0 Å². The van der Waals surface area contributed by atoms with E-state index < -0.39 is 0 Å². The maximum absolute atomic E-state index is 11.9. The normalized spacial score (nSPS) is 13.1. The average Bonchev–Trinajstić information content (AvgIpc) is 3.73. The number of aromatic nitrogens is 3. The van der Waals surface area contributed by atoms with Crippen LogP contribution >= 0.6 is 11.3 Å². The molecule has 0 saturated heterocycles. The Morgan fingerprint density at radius 1 is 0.651 bits per heavy atom. The van der Waals surface area contributed by atoms with Gasteiger partial charge >= 0.3 is 0 Å². The van der Waals surface area contributed by atoms with Crippen LogP contribution in [-0.4, -0.2) is 26.4 Å². The lowest BCUT2D eigenvalue weighted by Gasteiger charge is -2.31. The van der Waals surface area contributed by atoms with Crippen LogP contribution in [0.25, 0.3) is 60.6 Å². The molecule has 0 saturated carbocycles. The predicted octanol–water partition coefficient (Wildman–Crippen LogP) is 13.2. The zero-order chi connectivity index (χ0) is 45.2. The molecule has 63 heavy (non-hydrogen) atoms. The summed E-state index contributed by atoms with van der Waals surface area (Å²) in [6.07, 6.45) is 3.02. The number of thiophene rings is 1. The second-order valence-electron chi connectivity index (χ2n) is 21.9. The summed E-state index contributed by atoms with van der Waals surface area (Å²) in [6, 6.07) is 29.8. The number of aromatic hydroxyl groups is 1. The Bertz CT molecular complexity index is 3160. The van der Waals surface area contributed by atoms with Gasteiger partial charge in [-0.2, -0.15) is 0 Å². The molecule has 4 heterocycles. The summed E-state index contributed by atoms with van der Waals surface area (Å²) in [4.78, 5) is 12.3. The standard InChI is InChI=1S/C57H62BN3OS/c1-31-22-33(3)48(34(4)23-31)58-44-18-17-42(37-26-38(28-40(27-37)57(13,14)15)49-53-41(20-21-59-49)36(6)47(63-53)30-55(7,8)9)50-51(44)61(46-19-16-39(29-45(46)58)56(10,11)12)54(60-50)43-25-32(2)24-35(5)52(43)62/h16-29,62H,30H2,1-15H3. The first kappa shape index (κ1) is 42.8. The zero-order valence-corrected chi connectivity index (χ0v) is 40.9. The Morgan fingerprint density at radius 2 is 1.30 bits per heavy atom. The first-order chi connectivity index (χ1) is 29.5. The van der Waals surface area contributed by atoms with Crippen molar-refractivity contribution < 1.29 is 5.11 Å². The molecule has 5 aromatic carbocycles. The fraction of sp³-hybridized carbons (Fsp3) is 0.333. The van der Waals surface area contributed by atoms with E-state index in [0.717, 1.165) is 68.0 Å². The van der Waals surface area contributed by atoms with Gasteiger partial charge in [0.25, 0.3) is 0 Å². The van der Waals surface area contributed by atoms with Gasteiger partial charge in [0.1, 0.15) is 11.6 Å². The highest BCUT2D eigenvalue weighted by Crippen LogP contribution is 2.44. The quantitative estimate of drug-likeness (QED) is 0.176. The minimum Gasteiger partial charge on any atom is -0.507 e. The van der Waals surface area contributed by atoms with Crippen LogP contribution in [0.2, 0.25) is 0 Å². The molecule has 320 valence electrons. The molecule has 0 aliphatic carbocycles. The van der Waals surface area contributed by atoms with Crippen molar-refractivity contribution in [2.24, 2.45) is 5.41 Å². The topological polar surface area (TPSA) is 50.9 Å². The number of phenols is 1. The number of fused-ring (bicyclic) bond motifs is 3. The van der Waals surface area contributed by atoms with E-state index in [1.165, 1.54) is 64.7 Å². The van der Waals surface area contributed by atoms with Crippen molar-refractivity contribution in [3.05, 3.63) is 134 Å². The van der Waals surface area contributed by atoms with Gasteiger partial charge in [-0.3, -0.25) is 9.55 Å². The Balaban J connectivity index is 1.39. The molecule has 4 nitrogen and oxygen atoms in total. The first-order valence-electron chi connectivity index (χ1n) is 22.6. The fourth-order valence-corrected chi connectivity index (χ4v) is 11.8. The summed E-state index contributed by atoms with van der Waals surface area (Å²) in [5.41, 5.74) is 21.7. The van der Waals surface area contributed by atoms with Crippen LogP contribution in [0.1, 0.15) is 112 Å². The molecule has 6 heteroatoms. The van der Waals surface area contributed by atoms with Crippen molar-refractivity contribution in [1.82, 2.24) is 14.5 Å². The Kier molecular flexibility index (Phi) is 10.1. The van der Waals surface area contributed by atoms with Gasteiger partial charge in [0.15, 0.2) is 0 Å². The molecule has 0 spiro atoms. The lowest BCUT2D eigenvalue weighted by atomic mass is 9.34. The molecule has 1 N–H and O–H groups in total. The Morgan fingerprint density at radius 3 is 1.97 bits per heavy atom. The van der Waals surface area contributed by atoms with Crippen molar-refractivity contribution in [3.63, 3.8) is 0 Å². The monoisotopic (exact) mass is 847 g/mol. The molecule has 0 atom stereocenters. The van der Waals surface area contributed by atoms with Crippen LogP contribution in [-0.2, 0) is 17.3 Å². The van der Waals surface area contributed by atoms with E-state index in [4.69, 9.17) is 9.97 Å². The Labute approximate surface area is 379 Å². The zero-order valence-electron chi connectivity index (χ0n) is 40.1. The molecular weight excluding hydrogens is 786 g/mol. The number of hydrogen-bond donors (Lipinski definition) is 1. The van der Waals surface area contributed by atoms with Crippen molar-refractivity contribution in [3.8, 4) is 45.2 Å². The molecule has 3 aromatic heterocycles. The lowest BCUT2D eigenvalue weighted by Crippen LogP contribution is -2.57. The van der Waals surface area contributed by atoms with Crippen molar-refractivity contribution in [2.75, 3.05) is 0 Å². The van der Waals surface area contributed by atoms with E-state index in [1.54, 1.807) is 0 Å². The second kappa shape index (κ2) is 14.8. The number of hydrogen-bond acceptors (Lipinski definition) is 4. The van der Waals surface area contributed by atoms with E-state index in [1.807, 2.05) is 30.5 Å². The molecule has 8 aromatic rings. The van der Waals surface area contributed by atoms with Crippen molar-refractivity contribution in [2.45, 2.75) is 121 Å². The van der Waals surface area contributed by atoms with E-state index in [2.05, 4.69) is 174 Å². The number of imidazole rings is 1. The number of benzene rings is 5. The summed E-state index contributed by atoms with van der Waals surface area (Å²) < 4.78 is 3.61. The van der Waals surface area contributed by atoms with E-state index in [9.17, 15) is 5.11 Å². The maximum atomic E-state index is 11.9. The summed E-state index contributed by atoms with van der Waals surface area (Å²) in [5.74, 6) is 1.02. The molecule has 0 fully saturated rings. The van der Waals surface area contributed by atoms with Gasteiger partial charge in [-0.25, -0.2) is 4.98 Å². The van der Waals surface area contributed by atoms with Crippen molar-refractivity contribution in [1.29, 1.82) is 0 Å². The van der Waals surface area contributed by atoms with E-state index in [-0.39, 0.29) is 28.7 Å². The lowest BCUT2D eigenvalue weighted by molar-refractivity contribution is 0.414. The molecule has 0 amide bonds. The van der Waals surface area contributed by atoms with E-state index >= 15 is 0 Å². The maximum Gasteiger partial charge on any atom is 0.247 e. The second-order valence-corrected chi connectivity index (χ2v) is 23.0. The largest absolute Gasteiger partial charge is 0.507 e. The Hall–Kier alpha value is -5.46. The number of nitrogens with zero attached hydrogens (tertiary/aromatic N) is 3. The highest BCUT2D eigenvalue weighted by Gasteiger charge is 2.38. The molecule has 0 unspecified atom stereocenters. The first-order valence-corrected chi connectivity index (χ1v) is 23.4. The fourth-order valence-electron chi connectivity index (χ4n) is 10.2. The molecule has 9 rings (SSSR count). The highest BCUT2D eigenvalue weighted by molar-refractivity contribution is 7.19. The van der Waals surface area contributed by atoms with Gasteiger partial charge < -0.3 is 5.11 Å². The van der Waals surface area contributed by atoms with Gasteiger partial charge in [-0.05, 0) is 144 Å². The van der Waals surface area contributed by atoms with Crippen LogP contribution in [0.15, 0.2) is 85.1 Å². The number of pyridine rings is 1. The summed E-state index contributed by atoms with van der Waals surface area (Å²) in [5, 5.41) is 13.2. The molecule has 0 radical (unpaired) electrons. The minimum absolute atomic E-state index is 0.0213. The van der Waals surface area contributed by atoms with Crippen LogP contribution in [0.4, 0.5) is 0 Å². The van der Waals surface area contributed by atoms with Gasteiger partial charge in [0, 0.05) is 27.9 Å². The number of phenolic OH excluding ortho intramolecular Hbond substituents is 1. The summed E-state index contributed by atoms with van der Waals surface area (Å²) in [7, 11) is 0. The predicted molar refractivity (Wildman–Crippen MR) is 272 cm³/mol. The molecule has 1 aliphatic rings. The molecular formula is C57H62BN3OS. The highest BCUT2D eigenvalue weighted by atomic mass is 32.1. The third-order valence-corrected chi connectivity index (χ3v) is 14.6. The summed E-state index contributed by atoms with van der Waals surface area (Å²) in [6.45, 7) is 33.8.